The number of imidazole rings is 1. The molecule has 0 aliphatic carbocycles. The average Bonchev–Trinajstić information content (AvgIpc) is 3.05. The molecule has 0 aliphatic heterocycles. The highest BCUT2D eigenvalue weighted by molar-refractivity contribution is 7.88. The molecule has 1 heterocycles. The van der Waals surface area contributed by atoms with Crippen LogP contribution in [0.5, 0.6) is 17.2 Å². The van der Waals surface area contributed by atoms with Crippen molar-refractivity contribution in [2.24, 2.45) is 0 Å². The molecule has 0 bridgehead atoms. The van der Waals surface area contributed by atoms with Crippen molar-refractivity contribution in [2.45, 2.75) is 19.0 Å². The zero-order valence-electron chi connectivity index (χ0n) is 16.7. The fourth-order valence-electron chi connectivity index (χ4n) is 3.11. The van der Waals surface area contributed by atoms with E-state index in [0.29, 0.717) is 18.0 Å². The molecule has 1 aromatic heterocycles. The number of hydrogen-bond donors (Lipinski definition) is 0. The number of rotatable bonds is 6. The summed E-state index contributed by atoms with van der Waals surface area (Å²) in [5.74, 6) is 1.26. The third-order valence-corrected chi connectivity index (χ3v) is 5.64. The molecule has 0 saturated heterocycles. The van der Waals surface area contributed by atoms with Gasteiger partial charge in [0, 0.05) is 6.54 Å². The molecule has 0 amide bonds. The van der Waals surface area contributed by atoms with Gasteiger partial charge in [0.25, 0.3) is 0 Å². The van der Waals surface area contributed by atoms with Crippen LogP contribution >= 0.6 is 0 Å². The lowest BCUT2D eigenvalue weighted by Gasteiger charge is -2.11. The summed E-state index contributed by atoms with van der Waals surface area (Å²) < 4.78 is 71.1. The van der Waals surface area contributed by atoms with E-state index in [1.54, 1.807) is 12.1 Å². The molecule has 0 saturated carbocycles. The van der Waals surface area contributed by atoms with Gasteiger partial charge in [0.1, 0.15) is 23.1 Å². The van der Waals surface area contributed by atoms with Gasteiger partial charge in [0.05, 0.1) is 11.0 Å². The van der Waals surface area contributed by atoms with Crippen molar-refractivity contribution in [1.82, 2.24) is 9.55 Å². The van der Waals surface area contributed by atoms with Crippen LogP contribution < -0.4 is 8.92 Å². The first-order valence-corrected chi connectivity index (χ1v) is 10.8. The van der Waals surface area contributed by atoms with Crippen LogP contribution in [0.2, 0.25) is 0 Å². The lowest BCUT2D eigenvalue weighted by atomic mass is 10.2. The first-order valence-electron chi connectivity index (χ1n) is 9.42. The maximum Gasteiger partial charge on any atom is 0.534 e. The first kappa shape index (κ1) is 21.7. The van der Waals surface area contributed by atoms with Crippen molar-refractivity contribution >= 4 is 21.2 Å². The van der Waals surface area contributed by atoms with E-state index in [-0.39, 0.29) is 0 Å². The highest BCUT2D eigenvalue weighted by atomic mass is 32.2. The second-order valence-corrected chi connectivity index (χ2v) is 8.47. The topological polar surface area (TPSA) is 70.4 Å². The predicted octanol–water partition coefficient (Wildman–Crippen LogP) is 5.41. The summed E-state index contributed by atoms with van der Waals surface area (Å²) in [6.07, 6.45) is 0. The Kier molecular flexibility index (Phi) is 5.55. The number of fused-ring (bicyclic) bond motifs is 1. The number of alkyl halides is 3. The van der Waals surface area contributed by atoms with Gasteiger partial charge >= 0.3 is 15.6 Å². The zero-order chi connectivity index (χ0) is 22.9. The third kappa shape index (κ3) is 4.54. The number of benzene rings is 3. The number of nitrogens with zero attached hydrogens (tertiary/aromatic N) is 2. The summed E-state index contributed by atoms with van der Waals surface area (Å²) >= 11 is 0. The predicted molar refractivity (Wildman–Crippen MR) is 112 cm³/mol. The lowest BCUT2D eigenvalue weighted by molar-refractivity contribution is -0.0500. The average molecular weight is 462 g/mol. The summed E-state index contributed by atoms with van der Waals surface area (Å²) in [6, 6.07) is 20.0. The van der Waals surface area contributed by atoms with Crippen molar-refractivity contribution in [1.29, 1.82) is 0 Å². The minimum absolute atomic E-state index is 0.311. The molecule has 6 nitrogen and oxygen atoms in total. The molecule has 0 aliphatic rings. The molecule has 166 valence electrons. The molecule has 4 rings (SSSR count). The molecule has 32 heavy (non-hydrogen) atoms. The largest absolute Gasteiger partial charge is 0.534 e. The van der Waals surface area contributed by atoms with Crippen molar-refractivity contribution < 1.29 is 30.5 Å². The van der Waals surface area contributed by atoms with Crippen LogP contribution in [0.1, 0.15) is 11.4 Å². The first-order chi connectivity index (χ1) is 15.1. The van der Waals surface area contributed by atoms with Gasteiger partial charge in [-0.2, -0.15) is 21.6 Å². The van der Waals surface area contributed by atoms with Crippen LogP contribution in [0.15, 0.2) is 72.8 Å². The molecule has 0 atom stereocenters. The maximum absolute atomic E-state index is 12.4. The monoisotopic (exact) mass is 462 g/mol. The number of ether oxygens (including phenoxy) is 1. The van der Waals surface area contributed by atoms with E-state index >= 15 is 0 Å². The smallest absolute Gasteiger partial charge is 0.457 e. The number of hydrogen-bond acceptors (Lipinski definition) is 5. The Morgan fingerprint density at radius 2 is 1.44 bits per heavy atom. The van der Waals surface area contributed by atoms with E-state index in [1.165, 1.54) is 12.1 Å². The molecular formula is C22H17F3N2O4S. The minimum Gasteiger partial charge on any atom is -0.457 e. The molecule has 0 spiro atoms. The van der Waals surface area contributed by atoms with Gasteiger partial charge in [0.2, 0.25) is 0 Å². The van der Waals surface area contributed by atoms with Crippen molar-refractivity contribution in [2.75, 3.05) is 0 Å². The van der Waals surface area contributed by atoms with Gasteiger partial charge < -0.3 is 13.5 Å². The molecule has 0 N–H and O–H groups in total. The Morgan fingerprint density at radius 3 is 2.06 bits per heavy atom. The highest BCUT2D eigenvalue weighted by Crippen LogP contribution is 2.29. The van der Waals surface area contributed by atoms with Gasteiger partial charge in [-0.3, -0.25) is 0 Å². The molecule has 10 heteroatoms. The summed E-state index contributed by atoms with van der Waals surface area (Å²) in [7, 11) is -5.71. The number of aryl methyl sites for hydroxylation is 1. The Bertz CT molecular complexity index is 1350. The Balaban J connectivity index is 1.43. The fourth-order valence-corrected chi connectivity index (χ4v) is 3.57. The van der Waals surface area contributed by atoms with E-state index in [0.717, 1.165) is 34.6 Å². The molecular weight excluding hydrogens is 445 g/mol. The second kappa shape index (κ2) is 8.19. The number of para-hydroxylation sites is 2. The zero-order valence-corrected chi connectivity index (χ0v) is 17.5. The van der Waals surface area contributed by atoms with Crippen LogP contribution in [0.4, 0.5) is 13.2 Å². The minimum atomic E-state index is -5.71. The molecule has 0 radical (unpaired) electrons. The molecule has 3 aromatic carbocycles. The second-order valence-electron chi connectivity index (χ2n) is 6.93. The quantitative estimate of drug-likeness (QED) is 0.283. The highest BCUT2D eigenvalue weighted by Gasteiger charge is 2.48. The van der Waals surface area contributed by atoms with Crippen LogP contribution in [0.25, 0.3) is 11.0 Å². The Hall–Kier alpha value is -3.53. The summed E-state index contributed by atoms with van der Waals surface area (Å²) in [5.41, 5.74) is -2.49. The normalized spacial score (nSPS) is 12.1. The SMILES string of the molecule is Cc1nc2ccccc2n1Cc1ccc(Oc2ccc(OS(=O)(=O)C(F)(F)F)cc2)cc1. The lowest BCUT2D eigenvalue weighted by Crippen LogP contribution is -2.27. The van der Waals surface area contributed by atoms with E-state index in [9.17, 15) is 21.6 Å². The van der Waals surface area contributed by atoms with Gasteiger partial charge in [0.15, 0.2) is 0 Å². The summed E-state index contributed by atoms with van der Waals surface area (Å²) in [5, 5.41) is 0. The van der Waals surface area contributed by atoms with Crippen LogP contribution in [0.3, 0.4) is 0 Å². The van der Waals surface area contributed by atoms with Crippen molar-refractivity contribution in [3.8, 4) is 17.2 Å². The van der Waals surface area contributed by atoms with Crippen LogP contribution in [0, 0.1) is 6.92 Å². The van der Waals surface area contributed by atoms with Gasteiger partial charge in [-0.25, -0.2) is 4.98 Å². The van der Waals surface area contributed by atoms with Crippen molar-refractivity contribution in [3.05, 3.63) is 84.2 Å². The van der Waals surface area contributed by atoms with Gasteiger partial charge in [-0.05, 0) is 61.0 Å². The Morgan fingerprint density at radius 1 is 0.875 bits per heavy atom. The third-order valence-electron chi connectivity index (χ3n) is 4.66. The maximum atomic E-state index is 12.4. The van der Waals surface area contributed by atoms with Crippen LogP contribution in [-0.2, 0) is 16.7 Å². The van der Waals surface area contributed by atoms with E-state index in [4.69, 9.17) is 4.74 Å². The van der Waals surface area contributed by atoms with Gasteiger partial charge in [-0.1, -0.05) is 24.3 Å². The standard InChI is InChI=1S/C22H17F3N2O4S/c1-15-26-20-4-2-3-5-21(20)27(15)14-16-6-8-17(9-7-16)30-18-10-12-19(13-11-18)31-32(28,29)22(23,24)25/h2-13H,14H2,1H3. The summed E-state index contributed by atoms with van der Waals surface area (Å²) in [4.78, 5) is 4.55. The van der Waals surface area contributed by atoms with E-state index in [1.807, 2.05) is 43.3 Å². The molecule has 0 fully saturated rings. The number of halogens is 3. The van der Waals surface area contributed by atoms with Crippen LogP contribution in [-0.4, -0.2) is 23.5 Å². The summed E-state index contributed by atoms with van der Waals surface area (Å²) in [6.45, 7) is 2.58. The Labute approximate surface area is 182 Å². The van der Waals surface area contributed by atoms with Crippen molar-refractivity contribution in [3.63, 3.8) is 0 Å². The molecule has 0 unspecified atom stereocenters. The fraction of sp³-hybridized carbons (Fsp3) is 0.136. The van der Waals surface area contributed by atoms with E-state index < -0.39 is 21.4 Å². The molecule has 4 aromatic rings. The van der Waals surface area contributed by atoms with E-state index in [2.05, 4.69) is 13.7 Å². The number of aromatic nitrogens is 2. The van der Waals surface area contributed by atoms with Gasteiger partial charge in [-0.15, -0.1) is 0 Å².